The molecule has 0 bridgehead atoms. The summed E-state index contributed by atoms with van der Waals surface area (Å²) < 4.78 is 19.6. The number of urea groups is 1. The van der Waals surface area contributed by atoms with E-state index in [4.69, 9.17) is 4.74 Å². The van der Waals surface area contributed by atoms with E-state index in [-0.39, 0.29) is 23.9 Å². The lowest BCUT2D eigenvalue weighted by Crippen LogP contribution is -2.62. The first-order chi connectivity index (χ1) is 15.5. The Balaban J connectivity index is 1.57. The quantitative estimate of drug-likeness (QED) is 0.769. The highest BCUT2D eigenvalue weighted by atomic mass is 19.1. The lowest BCUT2D eigenvalue weighted by atomic mass is 9.81. The fourth-order valence-corrected chi connectivity index (χ4v) is 5.66. The number of rotatable bonds is 3. The minimum atomic E-state index is -0.586. The van der Waals surface area contributed by atoms with Crippen molar-refractivity contribution in [3.05, 3.63) is 59.9 Å². The van der Waals surface area contributed by atoms with Crippen molar-refractivity contribution in [2.24, 2.45) is 4.99 Å². The molecular weight excluding hydrogens is 407 g/mol. The third kappa shape index (κ3) is 3.45. The molecule has 0 aliphatic carbocycles. The fraction of sp³-hybridized carbons (Fsp3) is 0.440. The highest BCUT2D eigenvalue weighted by molar-refractivity contribution is 6.16. The Morgan fingerprint density at radius 3 is 2.84 bits per heavy atom. The predicted octanol–water partition coefficient (Wildman–Crippen LogP) is 4.52. The van der Waals surface area contributed by atoms with E-state index in [2.05, 4.69) is 34.3 Å². The zero-order valence-electron chi connectivity index (χ0n) is 18.6. The van der Waals surface area contributed by atoms with Crippen LogP contribution >= 0.6 is 0 Å². The van der Waals surface area contributed by atoms with Gasteiger partial charge in [-0.05, 0) is 75.0 Å². The van der Waals surface area contributed by atoms with Crippen LogP contribution in [0.4, 0.5) is 14.9 Å². The molecule has 3 aliphatic rings. The minimum absolute atomic E-state index is 0.131. The number of hydrogen-bond donors (Lipinski definition) is 1. The number of amidine groups is 1. The summed E-state index contributed by atoms with van der Waals surface area (Å²) in [5, 5.41) is 3.50. The molecule has 0 radical (unpaired) electrons. The molecule has 5 rings (SSSR count). The third-order valence-corrected chi connectivity index (χ3v) is 6.98. The third-order valence-electron chi connectivity index (χ3n) is 6.98. The van der Waals surface area contributed by atoms with E-state index in [0.29, 0.717) is 5.69 Å². The number of nitrogens with zero attached hydrogens (tertiary/aromatic N) is 3. The Morgan fingerprint density at radius 1 is 1.22 bits per heavy atom. The molecule has 2 amide bonds. The van der Waals surface area contributed by atoms with Crippen molar-refractivity contribution in [3.8, 4) is 5.75 Å². The van der Waals surface area contributed by atoms with Crippen molar-refractivity contribution in [2.45, 2.75) is 50.2 Å². The molecule has 7 heteroatoms. The van der Waals surface area contributed by atoms with Crippen LogP contribution < -0.4 is 15.0 Å². The molecule has 6 nitrogen and oxygen atoms in total. The van der Waals surface area contributed by atoms with E-state index in [1.54, 1.807) is 24.1 Å². The summed E-state index contributed by atoms with van der Waals surface area (Å²) >= 11 is 0. The van der Waals surface area contributed by atoms with Crippen molar-refractivity contribution < 1.29 is 13.9 Å². The van der Waals surface area contributed by atoms with Crippen LogP contribution in [0.25, 0.3) is 0 Å². The molecule has 32 heavy (non-hydrogen) atoms. The molecule has 168 valence electrons. The van der Waals surface area contributed by atoms with Crippen LogP contribution in [-0.2, 0) is 0 Å². The minimum Gasteiger partial charge on any atom is -0.497 e. The average Bonchev–Trinajstić information content (AvgIpc) is 3.36. The lowest BCUT2D eigenvalue weighted by Gasteiger charge is -2.47. The van der Waals surface area contributed by atoms with Crippen LogP contribution in [0.1, 0.15) is 44.2 Å². The maximum Gasteiger partial charge on any atom is 0.350 e. The number of likely N-dealkylation sites (tertiary alicyclic amines) is 1. The molecule has 1 unspecified atom stereocenters. The van der Waals surface area contributed by atoms with Crippen LogP contribution in [0.5, 0.6) is 5.75 Å². The Labute approximate surface area is 188 Å². The molecule has 3 aliphatic heterocycles. The van der Waals surface area contributed by atoms with Crippen molar-refractivity contribution in [3.63, 3.8) is 0 Å². The van der Waals surface area contributed by atoms with Gasteiger partial charge in [-0.15, -0.1) is 0 Å². The second-order valence-corrected chi connectivity index (χ2v) is 9.00. The summed E-state index contributed by atoms with van der Waals surface area (Å²) in [6.07, 6.45) is 3.48. The van der Waals surface area contributed by atoms with Gasteiger partial charge < -0.3 is 15.0 Å². The number of anilines is 1. The second-order valence-electron chi connectivity index (χ2n) is 9.00. The van der Waals surface area contributed by atoms with Crippen LogP contribution in [0.3, 0.4) is 0 Å². The van der Waals surface area contributed by atoms with E-state index in [1.165, 1.54) is 17.7 Å². The zero-order chi connectivity index (χ0) is 22.3. The fourth-order valence-electron chi connectivity index (χ4n) is 5.66. The highest BCUT2D eigenvalue weighted by Crippen LogP contribution is 2.44. The summed E-state index contributed by atoms with van der Waals surface area (Å²) in [6, 6.07) is 14.5. The molecule has 2 aromatic rings. The Kier molecular flexibility index (Phi) is 5.37. The molecule has 3 heterocycles. The number of piperidine rings is 1. The zero-order valence-corrected chi connectivity index (χ0v) is 18.6. The van der Waals surface area contributed by atoms with Gasteiger partial charge in [0, 0.05) is 18.3 Å². The van der Waals surface area contributed by atoms with E-state index in [0.717, 1.165) is 50.4 Å². The van der Waals surface area contributed by atoms with Crippen molar-refractivity contribution in [2.75, 3.05) is 25.1 Å². The molecule has 0 saturated carbocycles. The van der Waals surface area contributed by atoms with Crippen molar-refractivity contribution in [1.82, 2.24) is 10.2 Å². The number of carbonyl (C=O) groups excluding carboxylic acids is 1. The van der Waals surface area contributed by atoms with E-state index >= 15 is 0 Å². The van der Waals surface area contributed by atoms with Gasteiger partial charge in [-0.3, -0.25) is 4.90 Å². The number of aliphatic imine (C=N–C) groups is 1. The Bertz CT molecular complexity index is 1060. The number of halogens is 1. The van der Waals surface area contributed by atoms with Gasteiger partial charge in [0.2, 0.25) is 0 Å². The number of carbonyl (C=O) groups is 1. The Morgan fingerprint density at radius 2 is 2.06 bits per heavy atom. The molecule has 2 fully saturated rings. The van der Waals surface area contributed by atoms with Crippen LogP contribution in [0.2, 0.25) is 0 Å². The van der Waals surface area contributed by atoms with E-state index in [1.807, 2.05) is 12.1 Å². The maximum atomic E-state index is 14.1. The molecule has 3 atom stereocenters. The summed E-state index contributed by atoms with van der Waals surface area (Å²) in [4.78, 5) is 22.0. The van der Waals surface area contributed by atoms with Gasteiger partial charge in [0.25, 0.3) is 0 Å². The van der Waals surface area contributed by atoms with Crippen LogP contribution in [0.15, 0.2) is 53.5 Å². The molecular formula is C25H29FN4O2. The van der Waals surface area contributed by atoms with Gasteiger partial charge in [-0.1, -0.05) is 18.2 Å². The first-order valence-corrected chi connectivity index (χ1v) is 11.3. The molecule has 1 N–H and O–H groups in total. The number of methoxy groups -OCH3 is 1. The molecule has 2 saturated heterocycles. The van der Waals surface area contributed by atoms with E-state index in [9.17, 15) is 9.18 Å². The first-order valence-electron chi connectivity index (χ1n) is 11.3. The lowest BCUT2D eigenvalue weighted by molar-refractivity contribution is 0.245. The van der Waals surface area contributed by atoms with Crippen molar-refractivity contribution in [1.29, 1.82) is 0 Å². The summed E-state index contributed by atoms with van der Waals surface area (Å²) in [7, 11) is 1.67. The van der Waals surface area contributed by atoms with Gasteiger partial charge in [0.15, 0.2) is 0 Å². The number of amides is 2. The monoisotopic (exact) mass is 436 g/mol. The van der Waals surface area contributed by atoms with E-state index < -0.39 is 5.54 Å². The predicted molar refractivity (Wildman–Crippen MR) is 123 cm³/mol. The van der Waals surface area contributed by atoms with Gasteiger partial charge in [-0.2, -0.15) is 4.99 Å². The molecule has 2 aromatic carbocycles. The van der Waals surface area contributed by atoms with Crippen LogP contribution in [0, 0.1) is 5.82 Å². The second kappa shape index (κ2) is 8.20. The summed E-state index contributed by atoms with van der Waals surface area (Å²) in [5.74, 6) is 1.30. The Hall–Kier alpha value is -2.93. The standard InChI is InChI=1S/C25H29FN4O2/c1-17-16-25(11-12-27-17)23(28-24(31)30(25)20-8-4-7-19(26)15-20)29-13-5-10-22(29)18-6-3-9-21(14-18)32-2/h3-4,6-9,14-15,17,22,27H,5,10-13,16H2,1-2H3/t17-,22?,25+/m0/s1. The topological polar surface area (TPSA) is 57.2 Å². The van der Waals surface area contributed by atoms with Gasteiger partial charge in [0.1, 0.15) is 22.9 Å². The maximum absolute atomic E-state index is 14.1. The van der Waals surface area contributed by atoms with Crippen molar-refractivity contribution >= 4 is 17.6 Å². The highest BCUT2D eigenvalue weighted by Gasteiger charge is 2.55. The smallest absolute Gasteiger partial charge is 0.350 e. The normalized spacial score (nSPS) is 27.8. The first kappa shape index (κ1) is 20.9. The SMILES string of the molecule is COc1cccc(C2CCCN2C2=NC(=O)N(c3cccc(F)c3)[C@@]23CCN[C@@H](C)C3)c1. The number of benzene rings is 2. The van der Waals surface area contributed by atoms with Crippen LogP contribution in [-0.4, -0.2) is 48.5 Å². The van der Waals surface area contributed by atoms with Gasteiger partial charge >= 0.3 is 6.03 Å². The molecule has 0 aromatic heterocycles. The summed E-state index contributed by atoms with van der Waals surface area (Å²) in [5.41, 5.74) is 1.15. The number of nitrogens with one attached hydrogen (secondary N) is 1. The summed E-state index contributed by atoms with van der Waals surface area (Å²) in [6.45, 7) is 3.75. The van der Waals surface area contributed by atoms with Gasteiger partial charge in [0.05, 0.1) is 13.2 Å². The van der Waals surface area contributed by atoms with Gasteiger partial charge in [-0.25, -0.2) is 9.18 Å². The molecule has 1 spiro atoms. The number of hydrogen-bond acceptors (Lipinski definition) is 4. The number of ether oxygens (including phenoxy) is 1. The largest absolute Gasteiger partial charge is 0.497 e. The average molecular weight is 437 g/mol.